The molecule has 2 aromatic carbocycles. The SMILES string of the molecule is CCn1c(SCC(=O)Nc2ccccc2)nnc1C1C=C(c2ccc(N(C)C(=O)C(Cl)Sc3nnc(-c4ccsc4)n3C)cc2)SC1. The first-order valence-corrected chi connectivity index (χ1v) is 18.9. The molecule has 1 aliphatic rings. The van der Waals surface area contributed by atoms with Gasteiger partial charge in [0.25, 0.3) is 5.91 Å². The van der Waals surface area contributed by atoms with Gasteiger partial charge in [0, 0.05) is 59.5 Å². The standard InChI is InChI=1S/C32H31ClN8O2S4/c1-4-41-29(36-38-32(41)46-19-26(42)34-23-8-6-5-7-9-23)22-16-25(45-18-22)20-10-12-24(13-11-20)39(2)30(43)27(33)47-31-37-35-28(40(31)3)21-14-15-44-17-21/h5-17,22,27H,4,18-19H2,1-3H3,(H,34,42). The van der Waals surface area contributed by atoms with E-state index >= 15 is 0 Å². The third kappa shape index (κ3) is 7.62. The highest BCUT2D eigenvalue weighted by Crippen LogP contribution is 2.42. The Kier molecular flexibility index (Phi) is 10.7. The maximum absolute atomic E-state index is 13.2. The Bertz CT molecular complexity index is 1880. The highest BCUT2D eigenvalue weighted by Gasteiger charge is 2.27. The van der Waals surface area contributed by atoms with E-state index in [0.717, 1.165) is 50.0 Å². The average molecular weight is 723 g/mol. The van der Waals surface area contributed by atoms with Crippen LogP contribution in [0.25, 0.3) is 16.3 Å². The summed E-state index contributed by atoms with van der Waals surface area (Å²) in [5.41, 5.74) is 3.55. The van der Waals surface area contributed by atoms with E-state index in [-0.39, 0.29) is 23.5 Å². The van der Waals surface area contributed by atoms with Crippen molar-refractivity contribution in [3.8, 4) is 11.4 Å². The van der Waals surface area contributed by atoms with Crippen molar-refractivity contribution in [2.45, 2.75) is 34.4 Å². The first-order chi connectivity index (χ1) is 22.8. The summed E-state index contributed by atoms with van der Waals surface area (Å²) >= 11 is 12.5. The molecule has 4 heterocycles. The molecule has 3 aromatic heterocycles. The van der Waals surface area contributed by atoms with Crippen molar-refractivity contribution in [2.24, 2.45) is 7.05 Å². The van der Waals surface area contributed by atoms with Crippen LogP contribution in [0, 0.1) is 0 Å². The number of amides is 2. The van der Waals surface area contributed by atoms with Gasteiger partial charge >= 0.3 is 0 Å². The van der Waals surface area contributed by atoms with E-state index < -0.39 is 4.71 Å². The van der Waals surface area contributed by atoms with Gasteiger partial charge in [0.15, 0.2) is 20.8 Å². The van der Waals surface area contributed by atoms with Gasteiger partial charge in [0.2, 0.25) is 5.91 Å². The van der Waals surface area contributed by atoms with E-state index in [2.05, 4.69) is 43.3 Å². The number of para-hydroxylation sites is 1. The van der Waals surface area contributed by atoms with Crippen LogP contribution in [-0.2, 0) is 23.2 Å². The average Bonchev–Trinajstić information content (AvgIpc) is 3.91. The molecule has 1 aliphatic heterocycles. The van der Waals surface area contributed by atoms with Crippen LogP contribution in [0.1, 0.15) is 24.2 Å². The van der Waals surface area contributed by atoms with Crippen molar-refractivity contribution in [3.05, 3.63) is 88.9 Å². The number of carbonyl (C=O) groups is 2. The molecule has 5 aromatic rings. The van der Waals surface area contributed by atoms with Crippen LogP contribution in [0.4, 0.5) is 11.4 Å². The molecule has 0 saturated carbocycles. The van der Waals surface area contributed by atoms with E-state index in [1.54, 1.807) is 35.0 Å². The number of thioether (sulfide) groups is 3. The van der Waals surface area contributed by atoms with Gasteiger partial charge in [-0.2, -0.15) is 11.3 Å². The number of hydrogen-bond donors (Lipinski definition) is 1. The third-order valence-corrected chi connectivity index (χ3v) is 11.7. The fourth-order valence-electron chi connectivity index (χ4n) is 4.95. The molecule has 242 valence electrons. The molecule has 0 saturated heterocycles. The lowest BCUT2D eigenvalue weighted by Crippen LogP contribution is -2.32. The van der Waals surface area contributed by atoms with Crippen molar-refractivity contribution in [1.29, 1.82) is 0 Å². The Morgan fingerprint density at radius 3 is 2.53 bits per heavy atom. The summed E-state index contributed by atoms with van der Waals surface area (Å²) in [7, 11) is 3.59. The molecule has 2 unspecified atom stereocenters. The molecule has 6 rings (SSSR count). The normalized spacial score (nSPS) is 15.0. The zero-order valence-electron chi connectivity index (χ0n) is 25.7. The summed E-state index contributed by atoms with van der Waals surface area (Å²) in [6.07, 6.45) is 2.22. The van der Waals surface area contributed by atoms with E-state index in [0.29, 0.717) is 11.7 Å². The molecule has 0 radical (unpaired) electrons. The number of anilines is 2. The van der Waals surface area contributed by atoms with E-state index in [9.17, 15) is 9.59 Å². The molecular weight excluding hydrogens is 692 g/mol. The monoisotopic (exact) mass is 722 g/mol. The molecule has 2 atom stereocenters. The summed E-state index contributed by atoms with van der Waals surface area (Å²) in [4.78, 5) is 28.4. The number of rotatable bonds is 12. The van der Waals surface area contributed by atoms with Crippen molar-refractivity contribution in [3.63, 3.8) is 0 Å². The number of hydrogen-bond acceptors (Lipinski definition) is 10. The molecule has 47 heavy (non-hydrogen) atoms. The van der Waals surface area contributed by atoms with Crippen LogP contribution < -0.4 is 10.2 Å². The molecule has 0 bridgehead atoms. The topological polar surface area (TPSA) is 111 Å². The molecule has 10 nitrogen and oxygen atoms in total. The Labute approximate surface area is 294 Å². The second-order valence-corrected chi connectivity index (χ2v) is 15.0. The fraction of sp³-hybridized carbons (Fsp3) is 0.250. The van der Waals surface area contributed by atoms with Crippen LogP contribution in [-0.4, -0.2) is 64.6 Å². The van der Waals surface area contributed by atoms with Gasteiger partial charge in [-0.1, -0.05) is 71.5 Å². The van der Waals surface area contributed by atoms with Gasteiger partial charge in [-0.05, 0) is 48.2 Å². The smallest absolute Gasteiger partial charge is 0.255 e. The van der Waals surface area contributed by atoms with Gasteiger partial charge in [-0.15, -0.1) is 32.2 Å². The Hall–Kier alpha value is -3.56. The van der Waals surface area contributed by atoms with Crippen LogP contribution in [0.2, 0.25) is 0 Å². The first kappa shape index (κ1) is 33.3. The zero-order chi connectivity index (χ0) is 32.9. The zero-order valence-corrected chi connectivity index (χ0v) is 29.8. The van der Waals surface area contributed by atoms with Crippen LogP contribution in [0.3, 0.4) is 0 Å². The quantitative estimate of drug-likeness (QED) is 0.107. The largest absolute Gasteiger partial charge is 0.325 e. The third-order valence-electron chi connectivity index (χ3n) is 7.44. The molecule has 15 heteroatoms. The number of alkyl halides is 1. The number of carbonyl (C=O) groups excluding carboxylic acids is 2. The van der Waals surface area contributed by atoms with Gasteiger partial charge in [0.05, 0.1) is 5.75 Å². The highest BCUT2D eigenvalue weighted by molar-refractivity contribution is 8.08. The van der Waals surface area contributed by atoms with Crippen molar-refractivity contribution >= 4 is 86.3 Å². The number of nitrogens with one attached hydrogen (secondary N) is 1. The summed E-state index contributed by atoms with van der Waals surface area (Å²) in [5, 5.41) is 25.6. The summed E-state index contributed by atoms with van der Waals surface area (Å²) in [6.45, 7) is 2.76. The molecule has 1 N–H and O–H groups in total. The second-order valence-electron chi connectivity index (χ2n) is 10.5. The summed E-state index contributed by atoms with van der Waals surface area (Å²) in [5.74, 6) is 2.46. The van der Waals surface area contributed by atoms with Gasteiger partial charge in [0.1, 0.15) is 5.82 Å². The lowest BCUT2D eigenvalue weighted by molar-refractivity contribution is -0.116. The Balaban J connectivity index is 1.06. The van der Waals surface area contributed by atoms with Crippen LogP contribution in [0.15, 0.2) is 87.8 Å². The Morgan fingerprint density at radius 1 is 1.04 bits per heavy atom. The van der Waals surface area contributed by atoms with Crippen LogP contribution >= 0.6 is 58.2 Å². The molecule has 2 amide bonds. The van der Waals surface area contributed by atoms with E-state index in [1.807, 2.05) is 83.0 Å². The summed E-state index contributed by atoms with van der Waals surface area (Å²) in [6, 6.07) is 19.3. The molecule has 0 spiro atoms. The van der Waals surface area contributed by atoms with E-state index in [1.165, 1.54) is 23.5 Å². The fourth-order valence-corrected chi connectivity index (χ4v) is 8.72. The number of allylic oxidation sites excluding steroid dienone is 1. The number of benzene rings is 2. The van der Waals surface area contributed by atoms with Gasteiger partial charge < -0.3 is 19.4 Å². The maximum Gasteiger partial charge on any atom is 0.255 e. The number of aromatic nitrogens is 6. The Morgan fingerprint density at radius 2 is 1.81 bits per heavy atom. The minimum Gasteiger partial charge on any atom is -0.325 e. The summed E-state index contributed by atoms with van der Waals surface area (Å²) < 4.78 is 3.06. The number of halogens is 1. The van der Waals surface area contributed by atoms with E-state index in [4.69, 9.17) is 11.6 Å². The highest BCUT2D eigenvalue weighted by atomic mass is 35.5. The lowest BCUT2D eigenvalue weighted by atomic mass is 10.1. The van der Waals surface area contributed by atoms with Crippen molar-refractivity contribution < 1.29 is 9.59 Å². The number of thiophene rings is 1. The molecular formula is C32H31ClN8O2S4. The van der Waals surface area contributed by atoms with Crippen LogP contribution in [0.5, 0.6) is 0 Å². The predicted octanol–water partition coefficient (Wildman–Crippen LogP) is 7.08. The lowest BCUT2D eigenvalue weighted by Gasteiger charge is -2.20. The minimum absolute atomic E-state index is 0.0862. The van der Waals surface area contributed by atoms with Gasteiger partial charge in [-0.25, -0.2) is 0 Å². The van der Waals surface area contributed by atoms with Crippen molar-refractivity contribution in [1.82, 2.24) is 29.5 Å². The molecule has 0 fully saturated rings. The molecule has 0 aliphatic carbocycles. The van der Waals surface area contributed by atoms with Gasteiger partial charge in [-0.3, -0.25) is 9.59 Å². The first-order valence-electron chi connectivity index (χ1n) is 14.7. The minimum atomic E-state index is -0.871. The number of nitrogens with zero attached hydrogens (tertiary/aromatic N) is 7. The maximum atomic E-state index is 13.2. The second kappa shape index (κ2) is 15.1. The predicted molar refractivity (Wildman–Crippen MR) is 194 cm³/mol. The van der Waals surface area contributed by atoms with Crippen molar-refractivity contribution in [2.75, 3.05) is 28.8 Å².